The van der Waals surface area contributed by atoms with E-state index in [0.717, 1.165) is 54.2 Å². The summed E-state index contributed by atoms with van der Waals surface area (Å²) < 4.78 is 27.1. The van der Waals surface area contributed by atoms with Gasteiger partial charge in [-0.1, -0.05) is 24.3 Å². The number of para-hydroxylation sites is 1. The number of pyridine rings is 1. The van der Waals surface area contributed by atoms with Gasteiger partial charge in [0.1, 0.15) is 5.82 Å². The summed E-state index contributed by atoms with van der Waals surface area (Å²) in [6.07, 6.45) is 3.80. The zero-order valence-corrected chi connectivity index (χ0v) is 18.4. The number of carbonyl (C=O) groups excluding carboxylic acids is 1. The highest BCUT2D eigenvalue weighted by Gasteiger charge is 2.23. The van der Waals surface area contributed by atoms with Gasteiger partial charge in [0.25, 0.3) is 5.91 Å². The maximum Gasteiger partial charge on any atom is 0.254 e. The predicted molar refractivity (Wildman–Crippen MR) is 124 cm³/mol. The van der Waals surface area contributed by atoms with Crippen LogP contribution >= 0.6 is 0 Å². The van der Waals surface area contributed by atoms with Gasteiger partial charge in [0.05, 0.1) is 11.1 Å². The maximum absolute atomic E-state index is 13.8. The lowest BCUT2D eigenvalue weighted by Crippen LogP contribution is -2.34. The highest BCUT2D eigenvalue weighted by atomic mass is 19.2. The van der Waals surface area contributed by atoms with Crippen LogP contribution in [0.3, 0.4) is 0 Å². The molecule has 1 aliphatic rings. The molecule has 0 aliphatic heterocycles. The Hall–Kier alpha value is -3.22. The third kappa shape index (κ3) is 4.82. The minimum absolute atomic E-state index is 0.251. The number of benzene rings is 2. The molecule has 1 saturated carbocycles. The van der Waals surface area contributed by atoms with Crippen LogP contribution in [0.1, 0.15) is 36.0 Å². The van der Waals surface area contributed by atoms with Crippen LogP contribution in [0.15, 0.2) is 48.5 Å². The van der Waals surface area contributed by atoms with Crippen molar-refractivity contribution < 1.29 is 13.6 Å². The fourth-order valence-corrected chi connectivity index (χ4v) is 4.33. The summed E-state index contributed by atoms with van der Waals surface area (Å²) in [6, 6.07) is 14.2. The lowest BCUT2D eigenvalue weighted by atomic mass is 9.86. The Morgan fingerprint density at radius 3 is 2.56 bits per heavy atom. The van der Waals surface area contributed by atoms with E-state index in [2.05, 4.69) is 27.7 Å². The molecule has 7 heteroatoms. The van der Waals surface area contributed by atoms with Crippen LogP contribution in [0.2, 0.25) is 0 Å². The smallest absolute Gasteiger partial charge is 0.254 e. The predicted octanol–water partition coefficient (Wildman–Crippen LogP) is 4.98. The van der Waals surface area contributed by atoms with Gasteiger partial charge in [0.2, 0.25) is 0 Å². The van der Waals surface area contributed by atoms with Crippen LogP contribution in [0.25, 0.3) is 10.9 Å². The van der Waals surface area contributed by atoms with E-state index >= 15 is 0 Å². The molecule has 2 N–H and O–H groups in total. The van der Waals surface area contributed by atoms with Gasteiger partial charge in [-0.3, -0.25) is 4.79 Å². The quantitative estimate of drug-likeness (QED) is 0.570. The largest absolute Gasteiger partial charge is 0.377 e. The monoisotopic (exact) mass is 438 g/mol. The number of amides is 1. The van der Waals surface area contributed by atoms with E-state index in [1.165, 1.54) is 12.1 Å². The van der Waals surface area contributed by atoms with E-state index in [0.29, 0.717) is 18.5 Å². The molecule has 4 rings (SSSR count). The van der Waals surface area contributed by atoms with Gasteiger partial charge >= 0.3 is 0 Å². The molecule has 3 aromatic rings. The van der Waals surface area contributed by atoms with E-state index in [4.69, 9.17) is 4.98 Å². The molecule has 0 bridgehead atoms. The van der Waals surface area contributed by atoms with Crippen molar-refractivity contribution in [2.24, 2.45) is 5.92 Å². The summed E-state index contributed by atoms with van der Waals surface area (Å²) in [7, 11) is 4.06. The number of nitrogens with zero attached hydrogens (tertiary/aromatic N) is 2. The van der Waals surface area contributed by atoms with Crippen molar-refractivity contribution in [3.8, 4) is 0 Å². The van der Waals surface area contributed by atoms with Crippen molar-refractivity contribution in [2.45, 2.75) is 31.7 Å². The zero-order valence-electron chi connectivity index (χ0n) is 18.4. The Bertz CT molecular complexity index is 1110. The van der Waals surface area contributed by atoms with Gasteiger partial charge in [0, 0.05) is 43.8 Å². The van der Waals surface area contributed by atoms with Gasteiger partial charge in [-0.15, -0.1) is 0 Å². The molecule has 0 saturated heterocycles. The van der Waals surface area contributed by atoms with Gasteiger partial charge < -0.3 is 15.5 Å². The fourth-order valence-electron chi connectivity index (χ4n) is 4.33. The molecular weight excluding hydrogens is 410 g/mol. The topological polar surface area (TPSA) is 57.3 Å². The molecule has 0 radical (unpaired) electrons. The van der Waals surface area contributed by atoms with Crippen LogP contribution in [-0.2, 0) is 0 Å². The number of halogens is 2. The molecule has 32 heavy (non-hydrogen) atoms. The first-order valence-corrected chi connectivity index (χ1v) is 11.0. The second-order valence-corrected chi connectivity index (χ2v) is 8.61. The molecule has 2 aromatic carbocycles. The minimum Gasteiger partial charge on any atom is -0.377 e. The summed E-state index contributed by atoms with van der Waals surface area (Å²) in [5, 5.41) is 7.46. The standard InChI is InChI=1S/C25H28F2N4O/c1-31(2)22-14-23(30-21-9-4-3-6-18(21)22)29-17-12-10-16(11-13-17)15-28-25(32)19-7-5-8-20(26)24(19)27/h3-9,14,16-17H,10-13,15H2,1-2H3,(H,28,32)(H,29,30). The summed E-state index contributed by atoms with van der Waals surface area (Å²) in [6.45, 7) is 0.459. The number of anilines is 2. The lowest BCUT2D eigenvalue weighted by molar-refractivity contribution is 0.0938. The van der Waals surface area contributed by atoms with E-state index in [-0.39, 0.29) is 5.56 Å². The van der Waals surface area contributed by atoms with Crippen molar-refractivity contribution in [1.29, 1.82) is 0 Å². The van der Waals surface area contributed by atoms with Gasteiger partial charge in [-0.2, -0.15) is 0 Å². The van der Waals surface area contributed by atoms with Crippen LogP contribution < -0.4 is 15.5 Å². The molecule has 1 aromatic heterocycles. The summed E-state index contributed by atoms with van der Waals surface area (Å²) >= 11 is 0. The molecule has 0 unspecified atom stereocenters. The number of carbonyl (C=O) groups is 1. The Kier molecular flexibility index (Phi) is 6.53. The molecule has 1 heterocycles. The summed E-state index contributed by atoms with van der Waals surface area (Å²) in [4.78, 5) is 19.1. The van der Waals surface area contributed by atoms with Crippen LogP contribution in [0.5, 0.6) is 0 Å². The molecule has 168 valence electrons. The molecular formula is C25H28F2N4O. The second kappa shape index (κ2) is 9.51. The Balaban J connectivity index is 1.32. The SMILES string of the molecule is CN(C)c1cc(NC2CCC(CNC(=O)c3cccc(F)c3F)CC2)nc2ccccc12. The number of rotatable bonds is 6. The van der Waals surface area contributed by atoms with Crippen molar-refractivity contribution in [2.75, 3.05) is 30.9 Å². The van der Waals surface area contributed by atoms with Crippen molar-refractivity contribution in [3.63, 3.8) is 0 Å². The van der Waals surface area contributed by atoms with Crippen LogP contribution in [-0.4, -0.2) is 37.6 Å². The Labute approximate surface area is 186 Å². The Morgan fingerprint density at radius 2 is 1.81 bits per heavy atom. The summed E-state index contributed by atoms with van der Waals surface area (Å²) in [5.74, 6) is -1.50. The van der Waals surface area contributed by atoms with Gasteiger partial charge in [-0.05, 0) is 49.8 Å². The molecule has 0 spiro atoms. The minimum atomic E-state index is -1.10. The molecule has 0 atom stereocenters. The van der Waals surface area contributed by atoms with Crippen molar-refractivity contribution >= 4 is 28.3 Å². The third-order valence-corrected chi connectivity index (χ3v) is 6.12. The zero-order chi connectivity index (χ0) is 22.7. The van der Waals surface area contributed by atoms with E-state index < -0.39 is 17.5 Å². The number of aromatic nitrogens is 1. The molecule has 1 fully saturated rings. The first-order chi connectivity index (χ1) is 15.4. The van der Waals surface area contributed by atoms with Crippen LogP contribution in [0.4, 0.5) is 20.3 Å². The van der Waals surface area contributed by atoms with Gasteiger partial charge in [0.15, 0.2) is 11.6 Å². The molecule has 1 aliphatic carbocycles. The lowest BCUT2D eigenvalue weighted by Gasteiger charge is -2.30. The van der Waals surface area contributed by atoms with Gasteiger partial charge in [-0.25, -0.2) is 13.8 Å². The van der Waals surface area contributed by atoms with E-state index in [1.807, 2.05) is 32.3 Å². The normalized spacial score (nSPS) is 18.4. The molecule has 1 amide bonds. The van der Waals surface area contributed by atoms with Crippen molar-refractivity contribution in [1.82, 2.24) is 10.3 Å². The second-order valence-electron chi connectivity index (χ2n) is 8.61. The fraction of sp³-hybridized carbons (Fsp3) is 0.360. The number of hydrogen-bond donors (Lipinski definition) is 2. The highest BCUT2D eigenvalue weighted by Crippen LogP contribution is 2.30. The van der Waals surface area contributed by atoms with E-state index in [9.17, 15) is 13.6 Å². The summed E-state index contributed by atoms with van der Waals surface area (Å²) in [5.41, 5.74) is 1.83. The highest BCUT2D eigenvalue weighted by molar-refractivity contribution is 5.94. The average Bonchev–Trinajstić information content (AvgIpc) is 2.79. The van der Waals surface area contributed by atoms with E-state index in [1.54, 1.807) is 0 Å². The third-order valence-electron chi connectivity index (χ3n) is 6.12. The number of hydrogen-bond acceptors (Lipinski definition) is 4. The number of fused-ring (bicyclic) bond motifs is 1. The Morgan fingerprint density at radius 1 is 1.06 bits per heavy atom. The average molecular weight is 439 g/mol. The molecule has 5 nitrogen and oxygen atoms in total. The van der Waals surface area contributed by atoms with Crippen molar-refractivity contribution in [3.05, 3.63) is 65.7 Å². The van der Waals surface area contributed by atoms with Crippen LogP contribution in [0, 0.1) is 17.6 Å². The maximum atomic E-state index is 13.8. The number of nitrogens with one attached hydrogen (secondary N) is 2. The first-order valence-electron chi connectivity index (χ1n) is 11.0. The first kappa shape index (κ1) is 22.0.